The van der Waals surface area contributed by atoms with Gasteiger partial charge >= 0.3 is 0 Å². The monoisotopic (exact) mass is 243 g/mol. The lowest BCUT2D eigenvalue weighted by atomic mass is 9.96. The maximum Gasteiger partial charge on any atom is 0.225 e. The molecule has 0 spiro atoms. The number of rotatable bonds is 6. The molecule has 0 N–H and O–H groups in total. The van der Waals surface area contributed by atoms with E-state index in [4.69, 9.17) is 0 Å². The fraction of sp³-hybridized carbons (Fsp3) is 0.933. The molecule has 0 aromatic heterocycles. The van der Waals surface area contributed by atoms with Gasteiger partial charge in [0.1, 0.15) is 0 Å². The lowest BCUT2D eigenvalue weighted by Gasteiger charge is -2.28. The van der Waals surface area contributed by atoms with Crippen LogP contribution in [0.25, 0.3) is 0 Å². The van der Waals surface area contributed by atoms with Crippen LogP contribution >= 0.6 is 0 Å². The van der Waals surface area contributed by atoms with Gasteiger partial charge in [-0.05, 0) is 18.8 Å². The van der Waals surface area contributed by atoms with E-state index in [1.54, 1.807) is 0 Å². The topological polar surface area (TPSA) is 20.3 Å². The SMILES string of the molecule is CC.CCC(C)CN(CC)C(=O)C(C)C(C)C. The van der Waals surface area contributed by atoms with Crippen LogP contribution in [-0.2, 0) is 4.79 Å². The van der Waals surface area contributed by atoms with Crippen molar-refractivity contribution in [2.24, 2.45) is 17.8 Å². The molecule has 0 aliphatic rings. The average molecular weight is 243 g/mol. The van der Waals surface area contributed by atoms with Gasteiger partial charge in [-0.3, -0.25) is 4.79 Å². The highest BCUT2D eigenvalue weighted by molar-refractivity contribution is 5.78. The molecule has 0 fully saturated rings. The first-order valence-electron chi connectivity index (χ1n) is 7.22. The number of carbonyl (C=O) groups is 1. The van der Waals surface area contributed by atoms with E-state index >= 15 is 0 Å². The summed E-state index contributed by atoms with van der Waals surface area (Å²) in [6.45, 7) is 18.4. The van der Waals surface area contributed by atoms with E-state index < -0.39 is 0 Å². The maximum atomic E-state index is 12.1. The minimum atomic E-state index is 0.147. The molecule has 2 nitrogen and oxygen atoms in total. The molecule has 0 aliphatic heterocycles. The third-order valence-corrected chi connectivity index (χ3v) is 3.31. The van der Waals surface area contributed by atoms with Crippen LogP contribution in [0.3, 0.4) is 0 Å². The van der Waals surface area contributed by atoms with Gasteiger partial charge in [0.15, 0.2) is 0 Å². The largest absolute Gasteiger partial charge is 0.342 e. The van der Waals surface area contributed by atoms with Crippen LogP contribution in [0.1, 0.15) is 61.8 Å². The first kappa shape index (κ1) is 18.8. The second-order valence-electron chi connectivity index (χ2n) is 4.92. The summed E-state index contributed by atoms with van der Waals surface area (Å²) in [5, 5.41) is 0. The Morgan fingerprint density at radius 3 is 1.82 bits per heavy atom. The van der Waals surface area contributed by atoms with Gasteiger partial charge in [-0.25, -0.2) is 0 Å². The molecule has 17 heavy (non-hydrogen) atoms. The molecule has 0 rings (SSSR count). The summed E-state index contributed by atoms with van der Waals surface area (Å²) < 4.78 is 0. The van der Waals surface area contributed by atoms with E-state index in [9.17, 15) is 4.79 Å². The van der Waals surface area contributed by atoms with E-state index in [1.165, 1.54) is 0 Å². The van der Waals surface area contributed by atoms with Crippen LogP contribution in [0, 0.1) is 17.8 Å². The van der Waals surface area contributed by atoms with Gasteiger partial charge in [0.2, 0.25) is 5.91 Å². The summed E-state index contributed by atoms with van der Waals surface area (Å²) in [4.78, 5) is 14.1. The molecule has 0 bridgehead atoms. The second kappa shape index (κ2) is 10.6. The lowest BCUT2D eigenvalue weighted by Crippen LogP contribution is -2.39. The van der Waals surface area contributed by atoms with Crippen molar-refractivity contribution in [3.05, 3.63) is 0 Å². The Hall–Kier alpha value is -0.530. The van der Waals surface area contributed by atoms with Crippen molar-refractivity contribution in [1.82, 2.24) is 4.90 Å². The lowest BCUT2D eigenvalue weighted by molar-refractivity contribution is -0.136. The van der Waals surface area contributed by atoms with Gasteiger partial charge < -0.3 is 4.90 Å². The van der Waals surface area contributed by atoms with Crippen LogP contribution in [0.4, 0.5) is 0 Å². The third kappa shape index (κ3) is 7.40. The van der Waals surface area contributed by atoms with Crippen molar-refractivity contribution in [3.8, 4) is 0 Å². The molecule has 0 aliphatic carbocycles. The highest BCUT2D eigenvalue weighted by Gasteiger charge is 2.22. The van der Waals surface area contributed by atoms with Crippen LogP contribution in [-0.4, -0.2) is 23.9 Å². The minimum Gasteiger partial charge on any atom is -0.342 e. The van der Waals surface area contributed by atoms with E-state index in [1.807, 2.05) is 25.7 Å². The quantitative estimate of drug-likeness (QED) is 0.684. The van der Waals surface area contributed by atoms with E-state index in [-0.39, 0.29) is 5.92 Å². The molecule has 0 aromatic rings. The first-order chi connectivity index (χ1) is 7.93. The van der Waals surface area contributed by atoms with Crippen molar-refractivity contribution in [2.45, 2.75) is 61.8 Å². The third-order valence-electron chi connectivity index (χ3n) is 3.31. The Morgan fingerprint density at radius 2 is 1.53 bits per heavy atom. The van der Waals surface area contributed by atoms with Crippen molar-refractivity contribution in [2.75, 3.05) is 13.1 Å². The Balaban J connectivity index is 0. The highest BCUT2D eigenvalue weighted by atomic mass is 16.2. The summed E-state index contributed by atoms with van der Waals surface area (Å²) in [7, 11) is 0. The van der Waals surface area contributed by atoms with Crippen LogP contribution in [0.5, 0.6) is 0 Å². The molecular weight excluding hydrogens is 210 g/mol. The number of nitrogens with zero attached hydrogens (tertiary/aromatic N) is 1. The smallest absolute Gasteiger partial charge is 0.225 e. The summed E-state index contributed by atoms with van der Waals surface area (Å²) in [6.07, 6.45) is 1.14. The van der Waals surface area contributed by atoms with E-state index in [0.717, 1.165) is 19.5 Å². The van der Waals surface area contributed by atoms with Crippen molar-refractivity contribution < 1.29 is 4.79 Å². The Morgan fingerprint density at radius 1 is 1.06 bits per heavy atom. The fourth-order valence-electron chi connectivity index (χ4n) is 1.45. The van der Waals surface area contributed by atoms with Crippen LogP contribution < -0.4 is 0 Å². The van der Waals surface area contributed by atoms with Crippen LogP contribution in [0.15, 0.2) is 0 Å². The molecule has 0 radical (unpaired) electrons. The summed E-state index contributed by atoms with van der Waals surface area (Å²) in [6, 6.07) is 0. The Kier molecular flexibility index (Phi) is 11.8. The molecule has 0 heterocycles. The number of hydrogen-bond donors (Lipinski definition) is 0. The van der Waals surface area contributed by atoms with E-state index in [0.29, 0.717) is 17.7 Å². The fourth-order valence-corrected chi connectivity index (χ4v) is 1.45. The number of amides is 1. The zero-order valence-electron chi connectivity index (χ0n) is 13.2. The number of carbonyl (C=O) groups excluding carboxylic acids is 1. The predicted molar refractivity (Wildman–Crippen MR) is 77.1 cm³/mol. The molecule has 1 amide bonds. The van der Waals surface area contributed by atoms with Gasteiger partial charge in [0.25, 0.3) is 0 Å². The standard InChI is InChI=1S/C13H27NO.C2H6/c1-7-11(5)9-14(8-2)13(15)12(6)10(3)4;1-2/h10-12H,7-9H2,1-6H3;1-2H3. The van der Waals surface area contributed by atoms with Crippen molar-refractivity contribution in [1.29, 1.82) is 0 Å². The summed E-state index contributed by atoms with van der Waals surface area (Å²) >= 11 is 0. The van der Waals surface area contributed by atoms with Crippen LogP contribution in [0.2, 0.25) is 0 Å². The molecule has 2 unspecified atom stereocenters. The maximum absolute atomic E-state index is 12.1. The van der Waals surface area contributed by atoms with Crippen molar-refractivity contribution in [3.63, 3.8) is 0 Å². The average Bonchev–Trinajstić information content (AvgIpc) is 2.35. The molecule has 2 heteroatoms. The van der Waals surface area contributed by atoms with Gasteiger partial charge in [-0.1, -0.05) is 54.9 Å². The first-order valence-corrected chi connectivity index (χ1v) is 7.22. The van der Waals surface area contributed by atoms with E-state index in [2.05, 4.69) is 34.6 Å². The zero-order valence-corrected chi connectivity index (χ0v) is 13.2. The highest BCUT2D eigenvalue weighted by Crippen LogP contribution is 2.15. The molecule has 0 saturated heterocycles. The van der Waals surface area contributed by atoms with Crippen molar-refractivity contribution >= 4 is 5.91 Å². The van der Waals surface area contributed by atoms with Gasteiger partial charge in [-0.2, -0.15) is 0 Å². The van der Waals surface area contributed by atoms with Gasteiger partial charge in [-0.15, -0.1) is 0 Å². The molecule has 104 valence electrons. The molecular formula is C15H33NO. The minimum absolute atomic E-state index is 0.147. The molecule has 0 saturated carbocycles. The Bertz CT molecular complexity index is 189. The molecule has 0 aromatic carbocycles. The zero-order chi connectivity index (χ0) is 14.0. The summed E-state index contributed by atoms with van der Waals surface area (Å²) in [5.41, 5.74) is 0. The van der Waals surface area contributed by atoms with Gasteiger partial charge in [0.05, 0.1) is 0 Å². The normalized spacial score (nSPS) is 13.7. The second-order valence-corrected chi connectivity index (χ2v) is 4.92. The number of hydrogen-bond acceptors (Lipinski definition) is 1. The Labute approximate surface area is 109 Å². The molecule has 2 atom stereocenters. The predicted octanol–water partition coefficient (Wildman–Crippen LogP) is 4.20. The summed E-state index contributed by atoms with van der Waals surface area (Å²) in [5.74, 6) is 1.50. The van der Waals surface area contributed by atoms with Gasteiger partial charge in [0, 0.05) is 19.0 Å².